The average Bonchev–Trinajstić information content (AvgIpc) is 3.46. The van der Waals surface area contributed by atoms with Crippen molar-refractivity contribution in [2.75, 3.05) is 11.1 Å². The standard InChI is InChI=1S/C21H15N5OS2/c27-20(14-7-2-1-3-8-14)15-9-4-5-10-16(15)22-17-13-29-21-23-24-25-26(21)19(17)18-11-6-12-28-18/h1-12,22H,13H2. The number of thiophene rings is 1. The van der Waals surface area contributed by atoms with Crippen LogP contribution < -0.4 is 5.32 Å². The maximum absolute atomic E-state index is 13.1. The minimum absolute atomic E-state index is 0.0152. The van der Waals surface area contributed by atoms with Crippen molar-refractivity contribution in [3.05, 3.63) is 93.8 Å². The molecule has 4 aromatic rings. The lowest BCUT2D eigenvalue weighted by Gasteiger charge is -2.21. The minimum Gasteiger partial charge on any atom is -0.356 e. The number of hydrogen-bond acceptors (Lipinski definition) is 7. The highest BCUT2D eigenvalue weighted by molar-refractivity contribution is 7.99. The SMILES string of the molecule is O=C(c1ccccc1)c1ccccc1NC1=C(c2cccs2)n2nnnc2SC1. The largest absolute Gasteiger partial charge is 0.356 e. The van der Waals surface area contributed by atoms with E-state index < -0.39 is 0 Å². The first-order chi connectivity index (χ1) is 14.3. The van der Waals surface area contributed by atoms with Crippen LogP contribution in [0.3, 0.4) is 0 Å². The highest BCUT2D eigenvalue weighted by Gasteiger charge is 2.25. The van der Waals surface area contributed by atoms with Crippen LogP contribution in [0.2, 0.25) is 0 Å². The van der Waals surface area contributed by atoms with E-state index in [2.05, 4.69) is 20.8 Å². The summed E-state index contributed by atoms with van der Waals surface area (Å²) in [5.41, 5.74) is 3.94. The lowest BCUT2D eigenvalue weighted by atomic mass is 10.0. The van der Waals surface area contributed by atoms with Gasteiger partial charge in [-0.1, -0.05) is 60.3 Å². The molecule has 2 aromatic heterocycles. The fourth-order valence-electron chi connectivity index (χ4n) is 3.20. The van der Waals surface area contributed by atoms with Gasteiger partial charge >= 0.3 is 0 Å². The highest BCUT2D eigenvalue weighted by atomic mass is 32.2. The van der Waals surface area contributed by atoms with Crippen LogP contribution in [0.5, 0.6) is 0 Å². The molecule has 0 unspecified atom stereocenters. The van der Waals surface area contributed by atoms with Gasteiger partial charge in [-0.3, -0.25) is 4.79 Å². The van der Waals surface area contributed by atoms with Crippen molar-refractivity contribution in [2.45, 2.75) is 5.16 Å². The second-order valence-electron chi connectivity index (χ2n) is 6.33. The summed E-state index contributed by atoms with van der Waals surface area (Å²) in [7, 11) is 0. The Hall–Kier alpha value is -3.23. The van der Waals surface area contributed by atoms with Crippen LogP contribution in [0.15, 0.2) is 83.0 Å². The van der Waals surface area contributed by atoms with Gasteiger partial charge in [0.25, 0.3) is 0 Å². The van der Waals surface area contributed by atoms with Crippen LogP contribution >= 0.6 is 23.1 Å². The molecule has 5 rings (SSSR count). The molecule has 0 saturated heterocycles. The fraction of sp³-hybridized carbons (Fsp3) is 0.0476. The molecule has 6 nitrogen and oxygen atoms in total. The Morgan fingerprint density at radius 1 is 1.00 bits per heavy atom. The zero-order chi connectivity index (χ0) is 19.6. The summed E-state index contributed by atoms with van der Waals surface area (Å²) in [5, 5.41) is 18.4. The number of nitrogens with one attached hydrogen (secondary N) is 1. The molecule has 0 radical (unpaired) electrons. The molecular formula is C21H15N5OS2. The van der Waals surface area contributed by atoms with Crippen LogP contribution in [-0.4, -0.2) is 31.7 Å². The molecule has 1 N–H and O–H groups in total. The average molecular weight is 418 g/mol. The summed E-state index contributed by atoms with van der Waals surface area (Å²) in [6, 6.07) is 20.9. The van der Waals surface area contributed by atoms with E-state index in [1.807, 2.05) is 72.1 Å². The van der Waals surface area contributed by atoms with Gasteiger partial charge in [0.15, 0.2) is 5.78 Å². The molecule has 8 heteroatoms. The zero-order valence-corrected chi connectivity index (χ0v) is 16.8. The monoisotopic (exact) mass is 417 g/mol. The lowest BCUT2D eigenvalue weighted by Crippen LogP contribution is -2.18. The molecule has 0 fully saturated rings. The van der Waals surface area contributed by atoms with Gasteiger partial charge in [0.1, 0.15) is 5.70 Å². The Labute approximate surface area is 175 Å². The Kier molecular flexibility index (Phi) is 4.71. The Balaban J connectivity index is 1.58. The molecular weight excluding hydrogens is 402 g/mol. The van der Waals surface area contributed by atoms with Crippen LogP contribution in [0, 0.1) is 0 Å². The number of anilines is 1. The van der Waals surface area contributed by atoms with E-state index in [4.69, 9.17) is 0 Å². The van der Waals surface area contributed by atoms with Gasteiger partial charge in [-0.15, -0.1) is 16.4 Å². The topological polar surface area (TPSA) is 72.7 Å². The van der Waals surface area contributed by atoms with Gasteiger partial charge in [-0.2, -0.15) is 4.68 Å². The second-order valence-corrected chi connectivity index (χ2v) is 8.22. The molecule has 1 aliphatic rings. The van der Waals surface area contributed by atoms with Crippen molar-refractivity contribution in [3.8, 4) is 0 Å². The third-order valence-electron chi connectivity index (χ3n) is 4.53. The van der Waals surface area contributed by atoms with Gasteiger partial charge in [0.05, 0.1) is 10.6 Å². The van der Waals surface area contributed by atoms with Crippen molar-refractivity contribution in [1.82, 2.24) is 20.2 Å². The molecule has 0 atom stereocenters. The first-order valence-corrected chi connectivity index (χ1v) is 10.8. The van der Waals surface area contributed by atoms with Gasteiger partial charge in [0.2, 0.25) is 5.16 Å². The number of carbonyl (C=O) groups excluding carboxylic acids is 1. The predicted molar refractivity (Wildman–Crippen MR) is 115 cm³/mol. The van der Waals surface area contributed by atoms with Gasteiger partial charge in [-0.25, -0.2) is 0 Å². The highest BCUT2D eigenvalue weighted by Crippen LogP contribution is 2.35. The Bertz CT molecular complexity index is 1200. The minimum atomic E-state index is -0.0152. The number of thioether (sulfide) groups is 1. The smallest absolute Gasteiger partial charge is 0.214 e. The summed E-state index contributed by atoms with van der Waals surface area (Å²) in [5.74, 6) is 0.667. The van der Waals surface area contributed by atoms with E-state index in [1.165, 1.54) is 0 Å². The molecule has 29 heavy (non-hydrogen) atoms. The summed E-state index contributed by atoms with van der Waals surface area (Å²) in [6.07, 6.45) is 0. The Morgan fingerprint density at radius 3 is 2.66 bits per heavy atom. The zero-order valence-electron chi connectivity index (χ0n) is 15.1. The van der Waals surface area contributed by atoms with E-state index in [9.17, 15) is 4.79 Å². The van der Waals surface area contributed by atoms with Crippen LogP contribution in [0.25, 0.3) is 5.70 Å². The van der Waals surface area contributed by atoms with Crippen molar-refractivity contribution in [3.63, 3.8) is 0 Å². The summed E-state index contributed by atoms with van der Waals surface area (Å²) >= 11 is 3.19. The number of nitrogens with zero attached hydrogens (tertiary/aromatic N) is 4. The molecule has 0 spiro atoms. The second kappa shape index (κ2) is 7.65. The summed E-state index contributed by atoms with van der Waals surface area (Å²) in [4.78, 5) is 14.1. The molecule has 3 heterocycles. The molecule has 142 valence electrons. The lowest BCUT2D eigenvalue weighted by molar-refractivity contribution is 0.103. The normalized spacial score (nSPS) is 13.2. The number of ketones is 1. The number of benzene rings is 2. The number of hydrogen-bond donors (Lipinski definition) is 1. The van der Waals surface area contributed by atoms with Crippen LogP contribution in [0.1, 0.15) is 20.8 Å². The molecule has 0 amide bonds. The number of tetrazole rings is 1. The van der Waals surface area contributed by atoms with E-state index in [0.717, 1.165) is 27.1 Å². The van der Waals surface area contributed by atoms with Crippen LogP contribution in [-0.2, 0) is 0 Å². The molecule has 0 aliphatic carbocycles. The van der Waals surface area contributed by atoms with Crippen LogP contribution in [0.4, 0.5) is 5.69 Å². The molecule has 2 aromatic carbocycles. The molecule has 1 aliphatic heterocycles. The van der Waals surface area contributed by atoms with Crippen molar-refractivity contribution < 1.29 is 4.79 Å². The van der Waals surface area contributed by atoms with E-state index >= 15 is 0 Å². The van der Waals surface area contributed by atoms with E-state index in [0.29, 0.717) is 16.9 Å². The van der Waals surface area contributed by atoms with E-state index in [1.54, 1.807) is 27.8 Å². The van der Waals surface area contributed by atoms with Crippen molar-refractivity contribution >= 4 is 40.3 Å². The maximum atomic E-state index is 13.1. The first-order valence-electron chi connectivity index (χ1n) is 8.95. The predicted octanol–water partition coefficient (Wildman–Crippen LogP) is 4.40. The number of aromatic nitrogens is 4. The number of para-hydroxylation sites is 1. The third kappa shape index (κ3) is 3.37. The Morgan fingerprint density at radius 2 is 1.83 bits per heavy atom. The van der Waals surface area contributed by atoms with Crippen molar-refractivity contribution in [2.24, 2.45) is 0 Å². The van der Waals surface area contributed by atoms with Gasteiger partial charge in [0, 0.05) is 22.6 Å². The van der Waals surface area contributed by atoms with E-state index in [-0.39, 0.29) is 5.78 Å². The summed E-state index contributed by atoms with van der Waals surface area (Å²) in [6.45, 7) is 0. The quantitative estimate of drug-likeness (QED) is 0.485. The fourth-order valence-corrected chi connectivity index (χ4v) is 4.81. The summed E-state index contributed by atoms with van der Waals surface area (Å²) < 4.78 is 1.75. The molecule has 0 saturated carbocycles. The number of carbonyl (C=O) groups is 1. The van der Waals surface area contributed by atoms with Gasteiger partial charge in [-0.05, 0) is 34.0 Å². The molecule has 0 bridgehead atoms. The first kappa shape index (κ1) is 17.8. The van der Waals surface area contributed by atoms with Gasteiger partial charge < -0.3 is 5.32 Å². The maximum Gasteiger partial charge on any atom is 0.214 e. The number of rotatable bonds is 5. The van der Waals surface area contributed by atoms with Crippen molar-refractivity contribution in [1.29, 1.82) is 0 Å². The number of fused-ring (bicyclic) bond motifs is 1. The third-order valence-corrected chi connectivity index (χ3v) is 6.35.